The van der Waals surface area contributed by atoms with Gasteiger partial charge in [-0.15, -0.1) is 0 Å². The largest absolute Gasteiger partial charge is 0.491 e. The Bertz CT molecular complexity index is 1160. The lowest BCUT2D eigenvalue weighted by molar-refractivity contribution is -0.123. The molecule has 2 aromatic rings. The molecule has 0 bridgehead atoms. The van der Waals surface area contributed by atoms with Gasteiger partial charge < -0.3 is 24.5 Å². The summed E-state index contributed by atoms with van der Waals surface area (Å²) < 4.78 is 20.6. The van der Waals surface area contributed by atoms with Crippen LogP contribution in [0.4, 0.5) is 21.8 Å². The molecule has 1 amide bonds. The minimum atomic E-state index is -0.953. The third-order valence-electron chi connectivity index (χ3n) is 7.14. The van der Waals surface area contributed by atoms with Crippen molar-refractivity contribution in [2.75, 3.05) is 61.6 Å². The fourth-order valence-corrected chi connectivity index (χ4v) is 5.42. The molecule has 33 heavy (non-hydrogen) atoms. The fraction of sp³-hybridized carbons (Fsp3) is 0.522. The summed E-state index contributed by atoms with van der Waals surface area (Å²) in [4.78, 5) is 39.1. The SMILES string of the molecule is CN1CCCc2c1nc(N1CCC3(CC1)C(=O)N(C)c1cc(OCCO)cc(F)c13)[nH]c2=O. The van der Waals surface area contributed by atoms with E-state index in [1.54, 1.807) is 13.1 Å². The van der Waals surface area contributed by atoms with E-state index in [4.69, 9.17) is 14.8 Å². The van der Waals surface area contributed by atoms with Gasteiger partial charge in [0.25, 0.3) is 5.56 Å². The molecular formula is C23H28FN5O4. The van der Waals surface area contributed by atoms with Gasteiger partial charge in [0.1, 0.15) is 24.0 Å². The van der Waals surface area contributed by atoms with E-state index in [1.165, 1.54) is 11.0 Å². The third kappa shape index (κ3) is 3.35. The number of rotatable bonds is 4. The molecule has 0 aliphatic carbocycles. The molecule has 5 rings (SSSR count). The number of carbonyl (C=O) groups excluding carboxylic acids is 1. The number of hydrogen-bond donors (Lipinski definition) is 2. The zero-order chi connectivity index (χ0) is 23.3. The molecule has 0 atom stereocenters. The van der Waals surface area contributed by atoms with Gasteiger partial charge in [0.2, 0.25) is 11.9 Å². The van der Waals surface area contributed by atoms with Crippen molar-refractivity contribution in [1.82, 2.24) is 9.97 Å². The molecule has 176 valence electrons. The summed E-state index contributed by atoms with van der Waals surface area (Å²) in [7, 11) is 3.58. The number of benzene rings is 1. The van der Waals surface area contributed by atoms with Gasteiger partial charge in [-0.25, -0.2) is 4.39 Å². The molecule has 3 aliphatic rings. The van der Waals surface area contributed by atoms with Gasteiger partial charge in [-0.3, -0.25) is 14.6 Å². The van der Waals surface area contributed by atoms with Crippen molar-refractivity contribution in [3.63, 3.8) is 0 Å². The first-order valence-electron chi connectivity index (χ1n) is 11.3. The number of nitrogens with zero attached hydrogens (tertiary/aromatic N) is 4. The summed E-state index contributed by atoms with van der Waals surface area (Å²) in [6.45, 7) is 1.66. The highest BCUT2D eigenvalue weighted by Gasteiger charge is 2.53. The number of fused-ring (bicyclic) bond motifs is 3. The van der Waals surface area contributed by atoms with Crippen LogP contribution in [0.2, 0.25) is 0 Å². The van der Waals surface area contributed by atoms with Gasteiger partial charge in [0, 0.05) is 51.4 Å². The van der Waals surface area contributed by atoms with Crippen molar-refractivity contribution in [3.05, 3.63) is 39.4 Å². The number of aromatic amines is 1. The molecule has 4 heterocycles. The Hall–Kier alpha value is -3.14. The standard InChI is InChI=1S/C23H28FN5O4/c1-27-7-3-4-15-19(27)25-22(26-20(15)31)29-8-5-23(6-9-29)18-16(24)12-14(33-11-10-30)13-17(18)28(2)21(23)32/h12-13,30H,3-11H2,1-2H3,(H,25,26,31). The second kappa shape index (κ2) is 8.02. The summed E-state index contributed by atoms with van der Waals surface area (Å²) >= 11 is 0. The van der Waals surface area contributed by atoms with Crippen molar-refractivity contribution >= 4 is 23.4 Å². The Labute approximate surface area is 190 Å². The number of aromatic nitrogens is 2. The summed E-state index contributed by atoms with van der Waals surface area (Å²) in [5.41, 5.74) is 0.543. The van der Waals surface area contributed by atoms with E-state index >= 15 is 4.39 Å². The Morgan fingerprint density at radius 1 is 1.21 bits per heavy atom. The van der Waals surface area contributed by atoms with E-state index < -0.39 is 11.2 Å². The number of likely N-dealkylation sites (N-methyl/N-ethyl adjacent to an activating group) is 1. The third-order valence-corrected chi connectivity index (χ3v) is 7.14. The molecule has 0 unspecified atom stereocenters. The molecule has 0 saturated carbocycles. The van der Waals surface area contributed by atoms with Gasteiger partial charge in [-0.1, -0.05) is 0 Å². The topological polar surface area (TPSA) is 102 Å². The van der Waals surface area contributed by atoms with Crippen molar-refractivity contribution in [2.45, 2.75) is 31.1 Å². The molecule has 1 fully saturated rings. The van der Waals surface area contributed by atoms with E-state index in [-0.39, 0.29) is 30.4 Å². The lowest BCUT2D eigenvalue weighted by atomic mass is 9.73. The molecule has 1 aromatic carbocycles. The lowest BCUT2D eigenvalue weighted by Crippen LogP contribution is -2.49. The normalized spacial score (nSPS) is 19.2. The van der Waals surface area contributed by atoms with E-state index in [2.05, 4.69) is 4.98 Å². The predicted molar refractivity (Wildman–Crippen MR) is 122 cm³/mol. The summed E-state index contributed by atoms with van der Waals surface area (Å²) in [5, 5.41) is 8.98. The number of piperidine rings is 1. The second-order valence-electron chi connectivity index (χ2n) is 9.02. The van der Waals surface area contributed by atoms with Crippen molar-refractivity contribution in [1.29, 1.82) is 0 Å². The van der Waals surface area contributed by atoms with Crippen LogP contribution in [-0.4, -0.2) is 67.9 Å². The summed E-state index contributed by atoms with van der Waals surface area (Å²) in [6.07, 6.45) is 2.46. The minimum Gasteiger partial charge on any atom is -0.491 e. The van der Waals surface area contributed by atoms with E-state index in [9.17, 15) is 9.59 Å². The van der Waals surface area contributed by atoms with Crippen LogP contribution in [0.15, 0.2) is 16.9 Å². The number of halogens is 1. The van der Waals surface area contributed by atoms with Crippen LogP contribution in [0.5, 0.6) is 5.75 Å². The average Bonchev–Trinajstić information content (AvgIpc) is 3.01. The molecule has 9 nitrogen and oxygen atoms in total. The van der Waals surface area contributed by atoms with Gasteiger partial charge in [0.05, 0.1) is 23.3 Å². The maximum atomic E-state index is 15.3. The smallest absolute Gasteiger partial charge is 0.257 e. The predicted octanol–water partition coefficient (Wildman–Crippen LogP) is 1.18. The molecule has 10 heteroatoms. The zero-order valence-electron chi connectivity index (χ0n) is 18.9. The zero-order valence-corrected chi connectivity index (χ0v) is 18.9. The van der Waals surface area contributed by atoms with E-state index in [0.717, 1.165) is 13.0 Å². The van der Waals surface area contributed by atoms with Gasteiger partial charge in [-0.2, -0.15) is 4.98 Å². The maximum absolute atomic E-state index is 15.3. The number of carbonyl (C=O) groups is 1. The van der Waals surface area contributed by atoms with Crippen LogP contribution in [0.1, 0.15) is 30.4 Å². The number of aliphatic hydroxyl groups excluding tert-OH is 1. The molecule has 0 radical (unpaired) electrons. The average molecular weight is 458 g/mol. The van der Waals surface area contributed by atoms with Gasteiger partial charge in [-0.05, 0) is 25.7 Å². The van der Waals surface area contributed by atoms with Crippen LogP contribution in [0.25, 0.3) is 0 Å². The number of aliphatic hydroxyl groups is 1. The van der Waals surface area contributed by atoms with Crippen LogP contribution >= 0.6 is 0 Å². The highest BCUT2D eigenvalue weighted by atomic mass is 19.1. The number of anilines is 3. The fourth-order valence-electron chi connectivity index (χ4n) is 5.42. The van der Waals surface area contributed by atoms with Crippen molar-refractivity contribution < 1.29 is 19.0 Å². The van der Waals surface area contributed by atoms with Gasteiger partial charge in [0.15, 0.2) is 0 Å². The first kappa shape index (κ1) is 21.7. The van der Waals surface area contributed by atoms with Crippen molar-refractivity contribution in [2.24, 2.45) is 0 Å². The van der Waals surface area contributed by atoms with Crippen LogP contribution in [0.3, 0.4) is 0 Å². The molecular weight excluding hydrogens is 429 g/mol. The quantitative estimate of drug-likeness (QED) is 0.711. The maximum Gasteiger partial charge on any atom is 0.257 e. The van der Waals surface area contributed by atoms with E-state index in [1.807, 2.05) is 16.8 Å². The Morgan fingerprint density at radius 2 is 1.97 bits per heavy atom. The Kier molecular flexibility index (Phi) is 5.27. The minimum absolute atomic E-state index is 0.0527. The first-order chi connectivity index (χ1) is 15.9. The van der Waals surface area contributed by atoms with Gasteiger partial charge >= 0.3 is 0 Å². The number of amides is 1. The number of H-pyrrole nitrogens is 1. The highest BCUT2D eigenvalue weighted by molar-refractivity contribution is 6.08. The highest BCUT2D eigenvalue weighted by Crippen LogP contribution is 2.50. The Morgan fingerprint density at radius 3 is 2.70 bits per heavy atom. The monoisotopic (exact) mass is 457 g/mol. The number of ether oxygens (including phenoxy) is 1. The van der Waals surface area contributed by atoms with Crippen LogP contribution < -0.4 is 25.0 Å². The van der Waals surface area contributed by atoms with Crippen LogP contribution in [-0.2, 0) is 16.6 Å². The Balaban J connectivity index is 1.44. The lowest BCUT2D eigenvalue weighted by Gasteiger charge is -2.39. The molecule has 1 saturated heterocycles. The molecule has 3 aliphatic heterocycles. The van der Waals surface area contributed by atoms with Crippen molar-refractivity contribution in [3.8, 4) is 5.75 Å². The summed E-state index contributed by atoms with van der Waals surface area (Å²) in [6, 6.07) is 2.94. The number of nitrogens with one attached hydrogen (secondary N) is 1. The second-order valence-corrected chi connectivity index (χ2v) is 9.02. The molecule has 1 spiro atoms. The van der Waals surface area contributed by atoms with E-state index in [0.29, 0.717) is 60.9 Å². The van der Waals surface area contributed by atoms with Crippen LogP contribution in [0, 0.1) is 5.82 Å². The summed E-state index contributed by atoms with van der Waals surface area (Å²) in [5.74, 6) is 0.878. The molecule has 2 N–H and O–H groups in total. The number of hydrogen-bond acceptors (Lipinski definition) is 7. The first-order valence-corrected chi connectivity index (χ1v) is 11.3. The molecule has 1 aromatic heterocycles.